The number of halogens is 10. The number of ether oxygens (including phenoxy) is 1. The average Bonchev–Trinajstić information content (AvgIpc) is 2.17. The Labute approximate surface area is 90.5 Å². The van der Waals surface area contributed by atoms with Crippen molar-refractivity contribution in [2.75, 3.05) is 0 Å². The van der Waals surface area contributed by atoms with Crippen molar-refractivity contribution in [1.29, 1.82) is 0 Å². The molecule has 0 aliphatic heterocycles. The molecule has 0 bridgehead atoms. The number of alkyl halides is 9. The van der Waals surface area contributed by atoms with Crippen molar-refractivity contribution in [2.45, 2.75) is 29.5 Å². The second kappa shape index (κ2) is 3.20. The maximum absolute atomic E-state index is 13.0. The maximum atomic E-state index is 13.0. The lowest BCUT2D eigenvalue weighted by atomic mass is 10.1. The molecule has 0 radical (unpaired) electrons. The van der Waals surface area contributed by atoms with Crippen LogP contribution in [0.4, 0.5) is 48.7 Å². The first-order chi connectivity index (χ1) is 7.67. The van der Waals surface area contributed by atoms with Gasteiger partial charge in [-0.1, -0.05) is 0 Å². The molecule has 18 heavy (non-hydrogen) atoms. The lowest BCUT2D eigenvalue weighted by Crippen LogP contribution is -2.57. The van der Waals surface area contributed by atoms with Crippen molar-refractivity contribution >= 4 is 6.22 Å². The monoisotopic (exact) mass is 294 g/mol. The highest BCUT2D eigenvalue weighted by Gasteiger charge is 3.03. The third-order valence-electron chi connectivity index (χ3n) is 2.21. The molecule has 0 atom stereocenters. The van der Waals surface area contributed by atoms with Gasteiger partial charge in [0.25, 0.3) is 0 Å². The Kier molecular flexibility index (Phi) is 2.64. The molecule has 0 unspecified atom stereocenters. The van der Waals surface area contributed by atoms with E-state index in [4.69, 9.17) is 0 Å². The molecule has 1 rings (SSSR count). The lowest BCUT2D eigenvalue weighted by Gasteiger charge is -2.28. The van der Waals surface area contributed by atoms with Crippen LogP contribution in [-0.2, 0) is 4.74 Å². The number of rotatable bonds is 1. The molecule has 1 fully saturated rings. The summed E-state index contributed by atoms with van der Waals surface area (Å²) < 4.78 is 127. The number of carbonyl (C=O) groups is 1. The van der Waals surface area contributed by atoms with Crippen LogP contribution in [0, 0.1) is 0 Å². The Balaban J connectivity index is 3.57. The van der Waals surface area contributed by atoms with Crippen LogP contribution in [-0.4, -0.2) is 35.8 Å². The molecule has 0 aromatic rings. The first kappa shape index (κ1) is 14.8. The van der Waals surface area contributed by atoms with E-state index in [9.17, 15) is 48.7 Å². The molecule has 106 valence electrons. The quantitative estimate of drug-likeness (QED) is 0.548. The van der Waals surface area contributed by atoms with E-state index in [1.165, 1.54) is 0 Å². The van der Waals surface area contributed by atoms with Crippen molar-refractivity contribution in [3.05, 3.63) is 0 Å². The van der Waals surface area contributed by atoms with Gasteiger partial charge in [0.15, 0.2) is 0 Å². The second-order valence-corrected chi connectivity index (χ2v) is 3.23. The van der Waals surface area contributed by atoms with Gasteiger partial charge in [-0.05, 0) is 0 Å². The SMILES string of the molecule is O=C(F)OC1(F)C(F)(F)C(F)(F)C(F)(F)C1(F)F. The fourth-order valence-corrected chi connectivity index (χ4v) is 1.23. The zero-order chi connectivity index (χ0) is 14.8. The summed E-state index contributed by atoms with van der Waals surface area (Å²) in [7, 11) is 0. The summed E-state index contributed by atoms with van der Waals surface area (Å²) in [4.78, 5) is 9.52. The highest BCUT2D eigenvalue weighted by Crippen LogP contribution is 2.69. The summed E-state index contributed by atoms with van der Waals surface area (Å²) in [6.07, 6.45) is -3.69. The lowest BCUT2D eigenvalue weighted by molar-refractivity contribution is -0.337. The summed E-state index contributed by atoms with van der Waals surface area (Å²) in [5.74, 6) is -34.0. The van der Waals surface area contributed by atoms with Gasteiger partial charge in [-0.25, -0.2) is 4.79 Å². The Morgan fingerprint density at radius 3 is 1.17 bits per heavy atom. The molecule has 2 nitrogen and oxygen atoms in total. The summed E-state index contributed by atoms with van der Waals surface area (Å²) in [5, 5.41) is 0. The molecule has 0 aromatic heterocycles. The zero-order valence-corrected chi connectivity index (χ0v) is 7.60. The molecule has 12 heteroatoms. The summed E-state index contributed by atoms with van der Waals surface area (Å²) >= 11 is 0. The predicted molar refractivity (Wildman–Crippen MR) is 31.2 cm³/mol. The van der Waals surface area contributed by atoms with Crippen molar-refractivity contribution < 1.29 is 53.4 Å². The Morgan fingerprint density at radius 2 is 0.944 bits per heavy atom. The van der Waals surface area contributed by atoms with Crippen LogP contribution in [0.3, 0.4) is 0 Å². The van der Waals surface area contributed by atoms with Crippen molar-refractivity contribution in [3.8, 4) is 0 Å². The van der Waals surface area contributed by atoms with Gasteiger partial charge in [0.1, 0.15) is 0 Å². The van der Waals surface area contributed by atoms with Crippen LogP contribution >= 0.6 is 0 Å². The van der Waals surface area contributed by atoms with Gasteiger partial charge < -0.3 is 4.74 Å². The Hall–Kier alpha value is -1.23. The second-order valence-electron chi connectivity index (χ2n) is 3.23. The van der Waals surface area contributed by atoms with Crippen LogP contribution in [0.25, 0.3) is 0 Å². The van der Waals surface area contributed by atoms with Crippen LogP contribution in [0.1, 0.15) is 0 Å². The van der Waals surface area contributed by atoms with Gasteiger partial charge >= 0.3 is 35.8 Å². The van der Waals surface area contributed by atoms with E-state index in [0.717, 1.165) is 0 Å². The zero-order valence-electron chi connectivity index (χ0n) is 7.60. The smallest absolute Gasteiger partial charge is 0.390 e. The molecular weight excluding hydrogens is 294 g/mol. The normalized spacial score (nSPS) is 29.9. The minimum absolute atomic E-state index is 2.07. The van der Waals surface area contributed by atoms with Crippen LogP contribution in [0.5, 0.6) is 0 Å². The Morgan fingerprint density at radius 1 is 0.667 bits per heavy atom. The Bertz CT molecular complexity index is 362. The highest BCUT2D eigenvalue weighted by atomic mass is 19.4. The van der Waals surface area contributed by atoms with Gasteiger partial charge in [-0.15, -0.1) is 4.39 Å². The van der Waals surface area contributed by atoms with E-state index in [0.29, 0.717) is 0 Å². The first-order valence-corrected chi connectivity index (χ1v) is 3.75. The molecular formula is C6F10O2. The molecule has 1 aliphatic carbocycles. The van der Waals surface area contributed by atoms with E-state index < -0.39 is 35.8 Å². The average molecular weight is 294 g/mol. The van der Waals surface area contributed by atoms with Crippen LogP contribution < -0.4 is 0 Å². The number of hydrogen-bond donors (Lipinski definition) is 0. The first-order valence-electron chi connectivity index (χ1n) is 3.75. The van der Waals surface area contributed by atoms with Gasteiger partial charge in [-0.2, -0.15) is 39.5 Å². The molecule has 1 aliphatic rings. The largest absolute Gasteiger partial charge is 0.498 e. The fraction of sp³-hybridized carbons (Fsp3) is 0.833. The molecule has 0 saturated heterocycles. The van der Waals surface area contributed by atoms with E-state index in [1.807, 2.05) is 0 Å². The van der Waals surface area contributed by atoms with Crippen molar-refractivity contribution in [2.24, 2.45) is 0 Å². The standard InChI is InChI=1S/C6F10O2/c7-1(17)18-6(16)4(12,13)2(8,9)3(10,11)5(6,14)15. The molecule has 0 heterocycles. The minimum atomic E-state index is -6.90. The molecule has 0 aromatic carbocycles. The van der Waals surface area contributed by atoms with E-state index in [-0.39, 0.29) is 0 Å². The molecule has 0 amide bonds. The van der Waals surface area contributed by atoms with Crippen molar-refractivity contribution in [3.63, 3.8) is 0 Å². The van der Waals surface area contributed by atoms with E-state index in [2.05, 4.69) is 4.74 Å². The van der Waals surface area contributed by atoms with Crippen LogP contribution in [0.2, 0.25) is 0 Å². The number of carbonyl (C=O) groups excluding carboxylic acids is 1. The topological polar surface area (TPSA) is 26.3 Å². The van der Waals surface area contributed by atoms with Crippen LogP contribution in [0.15, 0.2) is 0 Å². The summed E-state index contributed by atoms with van der Waals surface area (Å²) in [6, 6.07) is 0. The predicted octanol–water partition coefficient (Wildman–Crippen LogP) is 3.31. The number of hydrogen-bond acceptors (Lipinski definition) is 2. The van der Waals surface area contributed by atoms with Crippen molar-refractivity contribution in [1.82, 2.24) is 0 Å². The van der Waals surface area contributed by atoms with Gasteiger partial charge in [-0.3, -0.25) is 0 Å². The van der Waals surface area contributed by atoms with Gasteiger partial charge in [0.2, 0.25) is 0 Å². The minimum Gasteiger partial charge on any atom is -0.390 e. The molecule has 0 spiro atoms. The highest BCUT2D eigenvalue weighted by molar-refractivity contribution is 5.59. The van der Waals surface area contributed by atoms with Gasteiger partial charge in [0, 0.05) is 0 Å². The maximum Gasteiger partial charge on any atom is 0.498 e. The third kappa shape index (κ3) is 1.18. The van der Waals surface area contributed by atoms with Gasteiger partial charge in [0.05, 0.1) is 0 Å². The molecule has 1 saturated carbocycles. The summed E-state index contributed by atoms with van der Waals surface area (Å²) in [6.45, 7) is 0. The third-order valence-corrected chi connectivity index (χ3v) is 2.21. The summed E-state index contributed by atoms with van der Waals surface area (Å²) in [5.41, 5.74) is 0. The molecule has 0 N–H and O–H groups in total. The fourth-order valence-electron chi connectivity index (χ4n) is 1.23. The van der Waals surface area contributed by atoms with E-state index in [1.54, 1.807) is 0 Å². The van der Waals surface area contributed by atoms with E-state index >= 15 is 0 Å².